The predicted octanol–water partition coefficient (Wildman–Crippen LogP) is 3.94. The number of esters is 1. The fraction of sp³-hybridized carbons (Fsp3) is 0.500. The molecule has 0 aliphatic carbocycles. The largest absolute Gasteiger partial charge is 0.452 e. The summed E-state index contributed by atoms with van der Waals surface area (Å²) in [4.78, 5) is 26.1. The van der Waals surface area contributed by atoms with Gasteiger partial charge in [-0.2, -0.15) is 0 Å². The Kier molecular flexibility index (Phi) is 5.70. The molecule has 1 aromatic rings. The molecule has 1 amide bonds. The molecule has 22 heavy (non-hydrogen) atoms. The maximum Gasteiger partial charge on any atom is 0.338 e. The van der Waals surface area contributed by atoms with Gasteiger partial charge in [-0.3, -0.25) is 4.79 Å². The molecule has 6 heteroatoms. The van der Waals surface area contributed by atoms with Crippen LogP contribution >= 0.6 is 23.2 Å². The van der Waals surface area contributed by atoms with Gasteiger partial charge in [0.05, 0.1) is 5.56 Å². The second-order valence-electron chi connectivity index (χ2n) is 5.66. The summed E-state index contributed by atoms with van der Waals surface area (Å²) in [5.41, 5.74) is 0.241. The van der Waals surface area contributed by atoms with Gasteiger partial charge in [0.25, 0.3) is 5.91 Å². The predicted molar refractivity (Wildman–Crippen MR) is 86.4 cm³/mol. The summed E-state index contributed by atoms with van der Waals surface area (Å²) in [5.74, 6) is -0.767. The number of piperidine rings is 1. The number of amides is 1. The van der Waals surface area contributed by atoms with Gasteiger partial charge in [0.1, 0.15) is 0 Å². The first-order valence-corrected chi connectivity index (χ1v) is 8.08. The van der Waals surface area contributed by atoms with Crippen molar-refractivity contribution in [2.24, 2.45) is 0 Å². The first-order valence-electron chi connectivity index (χ1n) is 7.33. The van der Waals surface area contributed by atoms with E-state index in [4.69, 9.17) is 27.9 Å². The van der Waals surface area contributed by atoms with Crippen molar-refractivity contribution in [3.8, 4) is 0 Å². The fourth-order valence-corrected chi connectivity index (χ4v) is 3.40. The van der Waals surface area contributed by atoms with E-state index in [9.17, 15) is 9.59 Å². The Hall–Kier alpha value is -1.26. The van der Waals surface area contributed by atoms with Gasteiger partial charge in [-0.15, -0.1) is 0 Å². The van der Waals surface area contributed by atoms with Crippen LogP contribution in [0, 0.1) is 0 Å². The fourth-order valence-electron chi connectivity index (χ4n) is 2.87. The van der Waals surface area contributed by atoms with Gasteiger partial charge in [-0.1, -0.05) is 23.2 Å². The van der Waals surface area contributed by atoms with Crippen LogP contribution in [0.1, 0.15) is 43.5 Å². The number of ether oxygens (including phenoxy) is 1. The molecule has 2 atom stereocenters. The van der Waals surface area contributed by atoms with Crippen molar-refractivity contribution in [1.82, 2.24) is 4.90 Å². The summed E-state index contributed by atoms with van der Waals surface area (Å²) in [6, 6.07) is 4.81. The summed E-state index contributed by atoms with van der Waals surface area (Å²) in [5, 5.41) is 0.702. The summed E-state index contributed by atoms with van der Waals surface area (Å²) in [6.45, 7) is 3.77. The molecule has 1 saturated heterocycles. The number of nitrogens with zero attached hydrogens (tertiary/aromatic N) is 1. The molecule has 0 spiro atoms. The van der Waals surface area contributed by atoms with Crippen molar-refractivity contribution in [2.75, 3.05) is 6.61 Å². The second-order valence-corrected chi connectivity index (χ2v) is 6.54. The Morgan fingerprint density at radius 2 is 1.68 bits per heavy atom. The van der Waals surface area contributed by atoms with E-state index in [-0.39, 0.29) is 30.2 Å². The van der Waals surface area contributed by atoms with Crippen LogP contribution in [0.5, 0.6) is 0 Å². The average Bonchev–Trinajstić information content (AvgIpc) is 2.43. The zero-order valence-corrected chi connectivity index (χ0v) is 14.2. The molecular formula is C16H19Cl2NO3. The molecule has 4 nitrogen and oxygen atoms in total. The van der Waals surface area contributed by atoms with Crippen LogP contribution in [0.15, 0.2) is 18.2 Å². The second kappa shape index (κ2) is 7.34. The van der Waals surface area contributed by atoms with E-state index in [1.165, 1.54) is 18.2 Å². The number of carbonyl (C=O) groups is 2. The Bertz CT molecular complexity index is 546. The minimum absolute atomic E-state index is 0.166. The third kappa shape index (κ3) is 4.14. The van der Waals surface area contributed by atoms with Gasteiger partial charge in [-0.25, -0.2) is 4.79 Å². The molecule has 0 radical (unpaired) electrons. The number of hydrogen-bond donors (Lipinski definition) is 0. The molecule has 2 unspecified atom stereocenters. The Morgan fingerprint density at radius 1 is 1.14 bits per heavy atom. The van der Waals surface area contributed by atoms with Crippen molar-refractivity contribution in [2.45, 2.75) is 45.2 Å². The number of halogens is 2. The molecule has 0 aromatic heterocycles. The standard InChI is InChI=1S/C16H19Cl2NO3/c1-10-4-3-5-11(2)19(10)15(20)9-22-16(21)12-6-13(17)8-14(18)7-12/h6-8,10-11H,3-5,9H2,1-2H3. The van der Waals surface area contributed by atoms with E-state index in [0.29, 0.717) is 10.0 Å². The number of rotatable bonds is 3. The van der Waals surface area contributed by atoms with E-state index in [1.54, 1.807) is 0 Å². The number of likely N-dealkylation sites (tertiary alicyclic amines) is 1. The monoisotopic (exact) mass is 343 g/mol. The van der Waals surface area contributed by atoms with Crippen LogP contribution in [0.25, 0.3) is 0 Å². The molecule has 2 rings (SSSR count). The number of carbonyl (C=O) groups excluding carboxylic acids is 2. The lowest BCUT2D eigenvalue weighted by Crippen LogP contribution is -2.49. The lowest BCUT2D eigenvalue weighted by Gasteiger charge is -2.38. The summed E-state index contributed by atoms with van der Waals surface area (Å²) in [7, 11) is 0. The zero-order chi connectivity index (χ0) is 16.3. The maximum absolute atomic E-state index is 12.3. The quantitative estimate of drug-likeness (QED) is 0.781. The van der Waals surface area contributed by atoms with Crippen molar-refractivity contribution >= 4 is 35.1 Å². The molecule has 1 aliphatic heterocycles. The van der Waals surface area contributed by atoms with Crippen molar-refractivity contribution in [3.63, 3.8) is 0 Å². The third-order valence-corrected chi connectivity index (χ3v) is 4.34. The SMILES string of the molecule is CC1CCCC(C)N1C(=O)COC(=O)c1cc(Cl)cc(Cl)c1. The minimum atomic E-state index is -0.602. The number of hydrogen-bond acceptors (Lipinski definition) is 3. The highest BCUT2D eigenvalue weighted by Gasteiger charge is 2.29. The minimum Gasteiger partial charge on any atom is -0.452 e. The van der Waals surface area contributed by atoms with Gasteiger partial charge >= 0.3 is 5.97 Å². The first-order chi connectivity index (χ1) is 10.4. The van der Waals surface area contributed by atoms with Crippen molar-refractivity contribution in [1.29, 1.82) is 0 Å². The Balaban J connectivity index is 1.96. The van der Waals surface area contributed by atoms with Crippen LogP contribution in [-0.4, -0.2) is 35.5 Å². The van der Waals surface area contributed by atoms with Crippen molar-refractivity contribution in [3.05, 3.63) is 33.8 Å². The van der Waals surface area contributed by atoms with Crippen LogP contribution < -0.4 is 0 Å². The maximum atomic E-state index is 12.3. The summed E-state index contributed by atoms with van der Waals surface area (Å²) in [6.07, 6.45) is 3.08. The summed E-state index contributed by atoms with van der Waals surface area (Å²) < 4.78 is 5.10. The summed E-state index contributed by atoms with van der Waals surface area (Å²) >= 11 is 11.7. The molecular weight excluding hydrogens is 325 g/mol. The van der Waals surface area contributed by atoms with Crippen molar-refractivity contribution < 1.29 is 14.3 Å². The van der Waals surface area contributed by atoms with Gasteiger partial charge < -0.3 is 9.64 Å². The smallest absolute Gasteiger partial charge is 0.338 e. The van der Waals surface area contributed by atoms with Gasteiger partial charge in [0.15, 0.2) is 6.61 Å². The average molecular weight is 344 g/mol. The van der Waals surface area contributed by atoms with Gasteiger partial charge in [-0.05, 0) is 51.3 Å². The highest BCUT2D eigenvalue weighted by atomic mass is 35.5. The molecule has 0 N–H and O–H groups in total. The normalized spacial score (nSPS) is 21.5. The number of benzene rings is 1. The zero-order valence-electron chi connectivity index (χ0n) is 12.6. The van der Waals surface area contributed by atoms with E-state index < -0.39 is 5.97 Å². The molecule has 0 bridgehead atoms. The molecule has 1 aliphatic rings. The third-order valence-electron chi connectivity index (χ3n) is 3.91. The highest BCUT2D eigenvalue weighted by Crippen LogP contribution is 2.23. The molecule has 0 saturated carbocycles. The van der Waals surface area contributed by atoms with Gasteiger partial charge in [0.2, 0.25) is 0 Å². The molecule has 120 valence electrons. The van der Waals surface area contributed by atoms with Crippen LogP contribution in [0.3, 0.4) is 0 Å². The molecule has 1 fully saturated rings. The Labute approximate surface area is 140 Å². The Morgan fingerprint density at radius 3 is 2.23 bits per heavy atom. The van der Waals surface area contributed by atoms with E-state index in [2.05, 4.69) is 0 Å². The molecule has 1 aromatic carbocycles. The molecule has 1 heterocycles. The lowest BCUT2D eigenvalue weighted by molar-refractivity contribution is -0.140. The van der Waals surface area contributed by atoms with Gasteiger partial charge in [0, 0.05) is 22.1 Å². The topological polar surface area (TPSA) is 46.6 Å². The highest BCUT2D eigenvalue weighted by molar-refractivity contribution is 6.35. The van der Waals surface area contributed by atoms with Crippen LogP contribution in [0.2, 0.25) is 10.0 Å². The van der Waals surface area contributed by atoms with E-state index in [1.807, 2.05) is 18.7 Å². The first kappa shape index (κ1) is 17.1. The van der Waals surface area contributed by atoms with Crippen LogP contribution in [-0.2, 0) is 9.53 Å². The lowest BCUT2D eigenvalue weighted by atomic mass is 9.97. The van der Waals surface area contributed by atoms with E-state index in [0.717, 1.165) is 19.3 Å². The van der Waals surface area contributed by atoms with Crippen LogP contribution in [0.4, 0.5) is 0 Å². The van der Waals surface area contributed by atoms with E-state index >= 15 is 0 Å².